The van der Waals surface area contributed by atoms with Crippen molar-refractivity contribution in [2.45, 2.75) is 0 Å². The van der Waals surface area contributed by atoms with Gasteiger partial charge in [0.15, 0.2) is 28.1 Å². The number of rotatable bonds is 4. The smallest absolute Gasteiger partial charge is 0.263 e. The maximum Gasteiger partial charge on any atom is 0.263 e. The van der Waals surface area contributed by atoms with Gasteiger partial charge in [-0.2, -0.15) is 8.78 Å². The maximum absolute atomic E-state index is 14.2. The summed E-state index contributed by atoms with van der Waals surface area (Å²) in [6.45, 7) is 0. The van der Waals surface area contributed by atoms with Crippen LogP contribution in [-0.2, 0) is 0 Å². The number of oxazole rings is 1. The van der Waals surface area contributed by atoms with Gasteiger partial charge in [-0.15, -0.1) is 0 Å². The zero-order chi connectivity index (χ0) is 25.4. The number of methoxy groups -OCH3 is 1. The number of aromatic nitrogens is 1. The predicted molar refractivity (Wildman–Crippen MR) is 126 cm³/mol. The Morgan fingerprint density at radius 2 is 1.71 bits per heavy atom. The van der Waals surface area contributed by atoms with Crippen molar-refractivity contribution in [3.8, 4) is 17.2 Å². The van der Waals surface area contributed by atoms with Crippen molar-refractivity contribution in [2.75, 3.05) is 12.4 Å². The van der Waals surface area contributed by atoms with E-state index in [9.17, 15) is 22.4 Å². The van der Waals surface area contributed by atoms with Crippen LogP contribution in [0.25, 0.3) is 22.6 Å². The molecule has 13 heteroatoms. The van der Waals surface area contributed by atoms with E-state index < -0.39 is 45.6 Å². The summed E-state index contributed by atoms with van der Waals surface area (Å²) in [4.78, 5) is 16.6. The molecule has 0 saturated heterocycles. The average molecular weight is 544 g/mol. The highest BCUT2D eigenvalue weighted by atomic mass is 35.5. The standard InChI is InChI=1S/C22H11Cl2F4N3O3S/c1-33-19-17(27)15(25)14(16(26)18(19)28)20(32)31-22(35)29-9-3-5-13-12(7-9)30-21(34-13)10-4-2-8(23)6-11(10)24/h2-7H,1H3,(H2,29,31,32,35). The molecule has 3 aromatic carbocycles. The molecule has 0 spiro atoms. The molecule has 1 aromatic heterocycles. The molecule has 4 aromatic rings. The molecule has 1 amide bonds. The van der Waals surface area contributed by atoms with Crippen molar-refractivity contribution in [3.05, 3.63) is 75.3 Å². The van der Waals surface area contributed by atoms with E-state index in [-0.39, 0.29) is 5.89 Å². The lowest BCUT2D eigenvalue weighted by Gasteiger charge is -2.12. The van der Waals surface area contributed by atoms with Crippen molar-refractivity contribution >= 4 is 63.2 Å². The first kappa shape index (κ1) is 24.7. The quantitative estimate of drug-likeness (QED) is 0.174. The third kappa shape index (κ3) is 4.75. The van der Waals surface area contributed by atoms with Crippen LogP contribution in [0.1, 0.15) is 10.4 Å². The van der Waals surface area contributed by atoms with E-state index in [2.05, 4.69) is 15.0 Å². The molecule has 1 heterocycles. The van der Waals surface area contributed by atoms with Crippen molar-refractivity contribution in [2.24, 2.45) is 0 Å². The number of thiocarbonyl (C=S) groups is 1. The van der Waals surface area contributed by atoms with E-state index in [1.165, 1.54) is 18.2 Å². The van der Waals surface area contributed by atoms with Crippen LogP contribution in [0.2, 0.25) is 10.0 Å². The fraction of sp³-hybridized carbons (Fsp3) is 0.0455. The second-order valence-electron chi connectivity index (χ2n) is 6.90. The van der Waals surface area contributed by atoms with Crippen molar-refractivity contribution in [3.63, 3.8) is 0 Å². The second-order valence-corrected chi connectivity index (χ2v) is 8.15. The molecule has 0 radical (unpaired) electrons. The Labute approximate surface area is 209 Å². The first-order valence-corrected chi connectivity index (χ1v) is 10.7. The zero-order valence-electron chi connectivity index (χ0n) is 17.3. The Morgan fingerprint density at radius 3 is 2.34 bits per heavy atom. The summed E-state index contributed by atoms with van der Waals surface area (Å²) in [6.07, 6.45) is 0. The summed E-state index contributed by atoms with van der Waals surface area (Å²) in [5, 5.41) is 4.94. The Balaban J connectivity index is 1.54. The first-order valence-electron chi connectivity index (χ1n) is 9.49. The number of hydrogen-bond acceptors (Lipinski definition) is 5. The van der Waals surface area contributed by atoms with Crippen LogP contribution in [0.3, 0.4) is 0 Å². The summed E-state index contributed by atoms with van der Waals surface area (Å²) in [5.74, 6) is -10.2. The van der Waals surface area contributed by atoms with Gasteiger partial charge in [0, 0.05) is 10.7 Å². The first-order chi connectivity index (χ1) is 16.6. The van der Waals surface area contributed by atoms with Crippen LogP contribution in [0.5, 0.6) is 5.75 Å². The molecule has 0 saturated carbocycles. The van der Waals surface area contributed by atoms with E-state index in [4.69, 9.17) is 39.8 Å². The van der Waals surface area contributed by atoms with Gasteiger partial charge in [0.05, 0.1) is 17.7 Å². The highest BCUT2D eigenvalue weighted by Crippen LogP contribution is 2.33. The van der Waals surface area contributed by atoms with Crippen molar-refractivity contribution < 1.29 is 31.5 Å². The van der Waals surface area contributed by atoms with Gasteiger partial charge >= 0.3 is 0 Å². The zero-order valence-corrected chi connectivity index (χ0v) is 19.6. The van der Waals surface area contributed by atoms with Gasteiger partial charge in [-0.3, -0.25) is 10.1 Å². The molecule has 0 unspecified atom stereocenters. The van der Waals surface area contributed by atoms with Gasteiger partial charge < -0.3 is 14.5 Å². The molecule has 0 aliphatic carbocycles. The Kier molecular flexibility index (Phi) is 6.84. The van der Waals surface area contributed by atoms with Gasteiger partial charge in [-0.05, 0) is 48.6 Å². The van der Waals surface area contributed by atoms with Gasteiger partial charge in [0.25, 0.3) is 5.91 Å². The number of nitrogens with one attached hydrogen (secondary N) is 2. The van der Waals surface area contributed by atoms with Crippen LogP contribution in [-0.4, -0.2) is 23.1 Å². The van der Waals surface area contributed by atoms with Crippen molar-refractivity contribution in [1.29, 1.82) is 0 Å². The minimum atomic E-state index is -1.93. The van der Waals surface area contributed by atoms with E-state index in [1.807, 2.05) is 5.32 Å². The Hall–Kier alpha value is -3.41. The topological polar surface area (TPSA) is 76.4 Å². The van der Waals surface area contributed by atoms with E-state index in [0.29, 0.717) is 32.4 Å². The number of ether oxygens (including phenoxy) is 1. The number of amides is 1. The second kappa shape index (κ2) is 9.68. The highest BCUT2D eigenvalue weighted by molar-refractivity contribution is 7.80. The van der Waals surface area contributed by atoms with Gasteiger partial charge in [0.2, 0.25) is 17.5 Å². The van der Waals surface area contributed by atoms with Crippen LogP contribution in [0, 0.1) is 23.3 Å². The van der Waals surface area contributed by atoms with Crippen LogP contribution >= 0.6 is 35.4 Å². The molecule has 2 N–H and O–H groups in total. The third-order valence-corrected chi connectivity index (χ3v) is 5.44. The lowest BCUT2D eigenvalue weighted by atomic mass is 10.1. The summed E-state index contributed by atoms with van der Waals surface area (Å²) in [7, 11) is 0.817. The number of carbonyl (C=O) groups excluding carboxylic acids is 1. The van der Waals surface area contributed by atoms with Crippen LogP contribution in [0.4, 0.5) is 23.2 Å². The van der Waals surface area contributed by atoms with Crippen LogP contribution < -0.4 is 15.4 Å². The number of carbonyl (C=O) groups is 1. The third-order valence-electron chi connectivity index (χ3n) is 4.69. The highest BCUT2D eigenvalue weighted by Gasteiger charge is 2.30. The molecule has 35 heavy (non-hydrogen) atoms. The predicted octanol–water partition coefficient (Wildman–Crippen LogP) is 6.49. The molecular weight excluding hydrogens is 533 g/mol. The summed E-state index contributed by atoms with van der Waals surface area (Å²) in [6, 6.07) is 9.38. The minimum absolute atomic E-state index is 0.226. The van der Waals surface area contributed by atoms with Gasteiger partial charge in [-0.1, -0.05) is 23.2 Å². The monoisotopic (exact) mass is 543 g/mol. The maximum atomic E-state index is 14.2. The average Bonchev–Trinajstić information content (AvgIpc) is 3.21. The molecular formula is C22H11Cl2F4N3O3S. The lowest BCUT2D eigenvalue weighted by molar-refractivity contribution is 0.0966. The fourth-order valence-electron chi connectivity index (χ4n) is 3.10. The molecule has 0 atom stereocenters. The molecule has 0 aliphatic heterocycles. The summed E-state index contributed by atoms with van der Waals surface area (Å²) >= 11 is 17.1. The molecule has 0 aliphatic rings. The van der Waals surface area contributed by atoms with E-state index in [0.717, 1.165) is 7.11 Å². The van der Waals surface area contributed by atoms with E-state index >= 15 is 0 Å². The minimum Gasteiger partial charge on any atom is -0.491 e. The summed E-state index contributed by atoms with van der Waals surface area (Å²) in [5.41, 5.74) is 0.119. The SMILES string of the molecule is COc1c(F)c(F)c(C(=O)NC(=S)Nc2ccc3oc(-c4ccc(Cl)cc4Cl)nc3c2)c(F)c1F. The number of fused-ring (bicyclic) bond motifs is 1. The van der Waals surface area contributed by atoms with Gasteiger partial charge in [0.1, 0.15) is 11.1 Å². The molecule has 0 fully saturated rings. The number of benzene rings is 3. The number of nitrogens with zero attached hydrogens (tertiary/aromatic N) is 1. The number of halogens is 6. The largest absolute Gasteiger partial charge is 0.491 e. The number of anilines is 1. The number of hydrogen-bond donors (Lipinski definition) is 2. The fourth-order valence-corrected chi connectivity index (χ4v) is 3.80. The lowest BCUT2D eigenvalue weighted by Crippen LogP contribution is -2.35. The van der Waals surface area contributed by atoms with Crippen LogP contribution in [0.15, 0.2) is 40.8 Å². The summed E-state index contributed by atoms with van der Waals surface area (Å²) < 4.78 is 66.1. The Bertz CT molecular complexity index is 1480. The van der Waals surface area contributed by atoms with Crippen molar-refractivity contribution in [1.82, 2.24) is 10.3 Å². The molecule has 0 bridgehead atoms. The molecule has 180 valence electrons. The van der Waals surface area contributed by atoms with E-state index in [1.54, 1.807) is 18.2 Å². The normalized spacial score (nSPS) is 10.9. The molecule has 6 nitrogen and oxygen atoms in total. The molecule has 4 rings (SSSR count). The van der Waals surface area contributed by atoms with Gasteiger partial charge in [-0.25, -0.2) is 13.8 Å². The Morgan fingerprint density at radius 1 is 1.03 bits per heavy atom.